The molecule has 2 rings (SSSR count). The van der Waals surface area contributed by atoms with Crippen LogP contribution in [0.1, 0.15) is 31.3 Å². The average Bonchev–Trinajstić information content (AvgIpc) is 2.81. The Balaban J connectivity index is 0.000000606. The first kappa shape index (κ1) is 12.9. The second kappa shape index (κ2) is 6.44. The van der Waals surface area contributed by atoms with Crippen molar-refractivity contribution in [2.45, 2.75) is 34.1 Å². The van der Waals surface area contributed by atoms with E-state index in [1.807, 2.05) is 13.8 Å². The van der Waals surface area contributed by atoms with Crippen LogP contribution in [-0.4, -0.2) is 4.98 Å². The van der Waals surface area contributed by atoms with Crippen molar-refractivity contribution in [3.05, 3.63) is 40.2 Å². The molecule has 0 spiro atoms. The zero-order valence-electron chi connectivity index (χ0n) is 10.4. The summed E-state index contributed by atoms with van der Waals surface area (Å²) in [7, 11) is 0. The molecule has 0 fully saturated rings. The van der Waals surface area contributed by atoms with Gasteiger partial charge >= 0.3 is 0 Å². The molecular formula is C14H19NS. The molecular weight excluding hydrogens is 214 g/mol. The second-order valence-electron chi connectivity index (χ2n) is 3.35. The van der Waals surface area contributed by atoms with Crippen LogP contribution in [0.3, 0.4) is 0 Å². The molecule has 0 aliphatic heterocycles. The van der Waals surface area contributed by atoms with Crippen molar-refractivity contribution in [3.8, 4) is 11.3 Å². The van der Waals surface area contributed by atoms with E-state index >= 15 is 0 Å². The summed E-state index contributed by atoms with van der Waals surface area (Å²) in [4.78, 5) is 4.55. The number of aryl methyl sites for hydroxylation is 2. The minimum Gasteiger partial charge on any atom is -0.241 e. The molecule has 0 saturated heterocycles. The van der Waals surface area contributed by atoms with Crippen molar-refractivity contribution in [2.75, 3.05) is 0 Å². The van der Waals surface area contributed by atoms with Crippen molar-refractivity contribution in [3.63, 3.8) is 0 Å². The van der Waals surface area contributed by atoms with Gasteiger partial charge in [-0.1, -0.05) is 50.6 Å². The largest absolute Gasteiger partial charge is 0.241 e. The Kier molecular flexibility index (Phi) is 5.20. The monoisotopic (exact) mass is 233 g/mol. The summed E-state index contributed by atoms with van der Waals surface area (Å²) in [5.74, 6) is 0. The van der Waals surface area contributed by atoms with Crippen LogP contribution < -0.4 is 0 Å². The maximum Gasteiger partial charge on any atom is 0.0929 e. The molecule has 0 aliphatic carbocycles. The molecule has 1 aromatic heterocycles. The Bertz CT molecular complexity index is 415. The van der Waals surface area contributed by atoms with Crippen LogP contribution in [0.5, 0.6) is 0 Å². The number of aromatic nitrogens is 1. The third-order valence-electron chi connectivity index (χ3n) is 2.20. The van der Waals surface area contributed by atoms with Crippen molar-refractivity contribution < 1.29 is 0 Å². The minimum atomic E-state index is 1.02. The number of rotatable bonds is 2. The van der Waals surface area contributed by atoms with Crippen molar-refractivity contribution >= 4 is 11.3 Å². The average molecular weight is 233 g/mol. The number of benzene rings is 1. The molecule has 0 bridgehead atoms. The molecule has 0 radical (unpaired) electrons. The van der Waals surface area contributed by atoms with Crippen LogP contribution in [0.15, 0.2) is 29.6 Å². The van der Waals surface area contributed by atoms with Gasteiger partial charge in [0.25, 0.3) is 0 Å². The molecule has 2 aromatic rings. The number of thiazole rings is 1. The Labute approximate surface area is 102 Å². The Morgan fingerprint density at radius 1 is 1.12 bits per heavy atom. The van der Waals surface area contributed by atoms with Crippen LogP contribution >= 0.6 is 11.3 Å². The summed E-state index contributed by atoms with van der Waals surface area (Å²) < 4.78 is 0. The highest BCUT2D eigenvalue weighted by Crippen LogP contribution is 2.22. The zero-order chi connectivity index (χ0) is 12.0. The van der Waals surface area contributed by atoms with Gasteiger partial charge in [0.15, 0.2) is 0 Å². The molecule has 1 nitrogen and oxygen atoms in total. The molecule has 0 unspecified atom stereocenters. The van der Waals surface area contributed by atoms with Gasteiger partial charge in [-0.05, 0) is 13.3 Å². The van der Waals surface area contributed by atoms with Crippen molar-refractivity contribution in [2.24, 2.45) is 0 Å². The quantitative estimate of drug-likeness (QED) is 0.732. The normalized spacial score (nSPS) is 9.50. The zero-order valence-corrected chi connectivity index (χ0v) is 11.3. The van der Waals surface area contributed by atoms with Gasteiger partial charge in [0, 0.05) is 10.9 Å². The molecule has 86 valence electrons. The summed E-state index contributed by atoms with van der Waals surface area (Å²) >= 11 is 1.74. The molecule has 1 heterocycles. The van der Waals surface area contributed by atoms with Gasteiger partial charge in [0.1, 0.15) is 0 Å². The number of hydrogen-bond acceptors (Lipinski definition) is 2. The third kappa shape index (κ3) is 3.17. The summed E-state index contributed by atoms with van der Waals surface area (Å²) in [6.45, 7) is 8.24. The lowest BCUT2D eigenvalue weighted by Gasteiger charge is -1.96. The standard InChI is InChI=1S/C12H13NS.C2H6/c1-3-12-13-11(8-14-12)10-6-4-9(2)5-7-10;1-2/h4-8H,3H2,1-2H3;1-2H3. The molecule has 1 aromatic carbocycles. The van der Waals surface area contributed by atoms with Crippen LogP contribution in [0.25, 0.3) is 11.3 Å². The first-order valence-corrected chi connectivity index (χ1v) is 6.69. The first-order chi connectivity index (χ1) is 7.79. The molecule has 2 heteroatoms. The van der Waals surface area contributed by atoms with Crippen LogP contribution in [-0.2, 0) is 6.42 Å². The van der Waals surface area contributed by atoms with E-state index in [2.05, 4.69) is 48.5 Å². The molecule has 0 saturated carbocycles. The summed E-state index contributed by atoms with van der Waals surface area (Å²) in [5, 5.41) is 3.34. The van der Waals surface area contributed by atoms with Gasteiger partial charge < -0.3 is 0 Å². The predicted molar refractivity (Wildman–Crippen MR) is 73.0 cm³/mol. The van der Waals surface area contributed by atoms with Crippen molar-refractivity contribution in [1.29, 1.82) is 0 Å². The fourth-order valence-corrected chi connectivity index (χ4v) is 2.08. The lowest BCUT2D eigenvalue weighted by Crippen LogP contribution is -1.80. The summed E-state index contributed by atoms with van der Waals surface area (Å²) in [5.41, 5.74) is 3.61. The van der Waals surface area contributed by atoms with Gasteiger partial charge in [-0.15, -0.1) is 11.3 Å². The second-order valence-corrected chi connectivity index (χ2v) is 4.29. The summed E-state index contributed by atoms with van der Waals surface area (Å²) in [6.07, 6.45) is 1.02. The molecule has 0 aliphatic rings. The van der Waals surface area contributed by atoms with E-state index in [4.69, 9.17) is 0 Å². The maximum absolute atomic E-state index is 4.55. The molecule has 16 heavy (non-hydrogen) atoms. The van der Waals surface area contributed by atoms with Gasteiger partial charge in [0.2, 0.25) is 0 Å². The Morgan fingerprint density at radius 2 is 1.75 bits per heavy atom. The number of hydrogen-bond donors (Lipinski definition) is 0. The van der Waals surface area contributed by atoms with Crippen molar-refractivity contribution in [1.82, 2.24) is 4.98 Å². The highest BCUT2D eigenvalue weighted by Gasteiger charge is 2.02. The van der Waals surface area contributed by atoms with E-state index in [1.165, 1.54) is 16.1 Å². The topological polar surface area (TPSA) is 12.9 Å². The SMILES string of the molecule is CC.CCc1nc(-c2ccc(C)cc2)cs1. The van der Waals surface area contributed by atoms with Gasteiger partial charge in [-0.3, -0.25) is 0 Å². The molecule has 0 atom stereocenters. The van der Waals surface area contributed by atoms with Gasteiger partial charge in [-0.25, -0.2) is 4.98 Å². The van der Waals surface area contributed by atoms with Crippen LogP contribution in [0.2, 0.25) is 0 Å². The molecule has 0 N–H and O–H groups in total. The summed E-state index contributed by atoms with van der Waals surface area (Å²) in [6, 6.07) is 8.51. The van der Waals surface area contributed by atoms with E-state index < -0.39 is 0 Å². The highest BCUT2D eigenvalue weighted by atomic mass is 32.1. The Hall–Kier alpha value is -1.15. The maximum atomic E-state index is 4.55. The van der Waals surface area contributed by atoms with E-state index in [9.17, 15) is 0 Å². The Morgan fingerprint density at radius 3 is 2.25 bits per heavy atom. The fourth-order valence-electron chi connectivity index (χ4n) is 1.33. The van der Waals surface area contributed by atoms with Gasteiger partial charge in [0.05, 0.1) is 10.7 Å². The fraction of sp³-hybridized carbons (Fsp3) is 0.357. The minimum absolute atomic E-state index is 1.02. The van der Waals surface area contributed by atoms with E-state index in [0.29, 0.717) is 0 Å². The van der Waals surface area contributed by atoms with Crippen LogP contribution in [0, 0.1) is 6.92 Å². The van der Waals surface area contributed by atoms with E-state index in [0.717, 1.165) is 12.1 Å². The van der Waals surface area contributed by atoms with Crippen LogP contribution in [0.4, 0.5) is 0 Å². The molecule has 0 amide bonds. The lowest BCUT2D eigenvalue weighted by molar-refractivity contribution is 1.10. The third-order valence-corrected chi connectivity index (χ3v) is 3.19. The predicted octanol–water partition coefficient (Wildman–Crippen LogP) is 4.71. The highest BCUT2D eigenvalue weighted by molar-refractivity contribution is 7.09. The van der Waals surface area contributed by atoms with E-state index in [1.54, 1.807) is 11.3 Å². The lowest BCUT2D eigenvalue weighted by atomic mass is 10.1. The van der Waals surface area contributed by atoms with Gasteiger partial charge in [-0.2, -0.15) is 0 Å². The van der Waals surface area contributed by atoms with E-state index in [-0.39, 0.29) is 0 Å². The first-order valence-electron chi connectivity index (χ1n) is 5.81. The number of nitrogens with zero attached hydrogens (tertiary/aromatic N) is 1. The smallest absolute Gasteiger partial charge is 0.0929 e.